The van der Waals surface area contributed by atoms with Gasteiger partial charge in [-0.2, -0.15) is 14.6 Å². The Hall–Kier alpha value is -4.47. The van der Waals surface area contributed by atoms with Crippen LogP contribution in [0.4, 0.5) is 4.39 Å². The fourth-order valence-electron chi connectivity index (χ4n) is 4.61. The predicted octanol–water partition coefficient (Wildman–Crippen LogP) is 3.12. The summed E-state index contributed by atoms with van der Waals surface area (Å²) in [4.78, 5) is 46.3. The van der Waals surface area contributed by atoms with Gasteiger partial charge in [0.05, 0.1) is 6.04 Å². The van der Waals surface area contributed by atoms with Crippen LogP contribution in [0.2, 0.25) is 0 Å². The van der Waals surface area contributed by atoms with E-state index in [0.717, 1.165) is 28.7 Å². The summed E-state index contributed by atoms with van der Waals surface area (Å²) in [5.74, 6) is -1.16. The minimum absolute atomic E-state index is 0.0107. The number of rotatable bonds is 6. The molecule has 182 valence electrons. The summed E-state index contributed by atoms with van der Waals surface area (Å²) in [5, 5.41) is 9.84. The Morgan fingerprint density at radius 3 is 2.64 bits per heavy atom. The molecule has 5 rings (SSSR count). The molecule has 0 radical (unpaired) electrons. The minimum Gasteiger partial charge on any atom is -0.347 e. The van der Waals surface area contributed by atoms with Crippen molar-refractivity contribution in [1.29, 1.82) is 0 Å². The smallest absolute Gasteiger partial charge is 0.270 e. The van der Waals surface area contributed by atoms with Crippen molar-refractivity contribution in [2.45, 2.75) is 39.3 Å². The van der Waals surface area contributed by atoms with Crippen molar-refractivity contribution >= 4 is 23.4 Å². The van der Waals surface area contributed by atoms with Crippen molar-refractivity contribution < 1.29 is 18.8 Å². The van der Waals surface area contributed by atoms with Gasteiger partial charge in [-0.3, -0.25) is 14.4 Å². The molecular weight excluding hydrogens is 463 g/mol. The van der Waals surface area contributed by atoms with Crippen LogP contribution in [0.25, 0.3) is 5.78 Å². The average molecular weight is 487 g/mol. The van der Waals surface area contributed by atoms with Gasteiger partial charge in [0.15, 0.2) is 5.78 Å². The van der Waals surface area contributed by atoms with Crippen LogP contribution < -0.4 is 10.6 Å². The Kier molecular flexibility index (Phi) is 6.01. The number of amides is 2. The first kappa shape index (κ1) is 23.3. The molecule has 2 amide bonds. The second-order valence-electron chi connectivity index (χ2n) is 8.73. The van der Waals surface area contributed by atoms with Crippen LogP contribution in [-0.2, 0) is 13.0 Å². The first-order chi connectivity index (χ1) is 17.3. The number of Topliss-reactive ketones (excluding diaryl/α,β-unsaturated/α-hetero) is 1. The average Bonchev–Trinajstić information content (AvgIpc) is 3.50. The van der Waals surface area contributed by atoms with Gasteiger partial charge < -0.3 is 10.6 Å². The first-order valence-corrected chi connectivity index (χ1v) is 11.5. The number of ketones is 1. The van der Waals surface area contributed by atoms with Gasteiger partial charge in [-0.1, -0.05) is 24.3 Å². The maximum atomic E-state index is 13.3. The molecule has 9 nitrogen and oxygen atoms in total. The van der Waals surface area contributed by atoms with Crippen LogP contribution in [0.1, 0.15) is 73.0 Å². The van der Waals surface area contributed by atoms with Crippen LogP contribution >= 0.6 is 0 Å². The number of hydrogen-bond donors (Lipinski definition) is 2. The lowest BCUT2D eigenvalue weighted by molar-refractivity contribution is 0.0927. The highest BCUT2D eigenvalue weighted by Crippen LogP contribution is 2.35. The van der Waals surface area contributed by atoms with Gasteiger partial charge in [0, 0.05) is 18.2 Å². The fraction of sp³-hybridized carbons (Fsp3) is 0.231. The first-order valence-electron chi connectivity index (χ1n) is 11.5. The number of fused-ring (bicyclic) bond motifs is 2. The SMILES string of the molecule is CC(=O)c1ccc2c(c1C)CC[C@@H]2NC(=O)c1cc(C(=O)NCc2ccc(F)cc2)nc2ncnn12. The molecule has 36 heavy (non-hydrogen) atoms. The second kappa shape index (κ2) is 9.29. The number of nitrogens with zero attached hydrogens (tertiary/aromatic N) is 4. The number of hydrogen-bond acceptors (Lipinski definition) is 6. The van der Waals surface area contributed by atoms with Gasteiger partial charge in [0.2, 0.25) is 0 Å². The van der Waals surface area contributed by atoms with Crippen molar-refractivity contribution in [3.05, 3.63) is 93.8 Å². The number of aromatic nitrogens is 4. The highest BCUT2D eigenvalue weighted by molar-refractivity contribution is 5.98. The molecule has 2 aromatic carbocycles. The minimum atomic E-state index is -0.502. The summed E-state index contributed by atoms with van der Waals surface area (Å²) in [6, 6.07) is 10.6. The Morgan fingerprint density at radius 2 is 1.89 bits per heavy atom. The van der Waals surface area contributed by atoms with E-state index in [2.05, 4.69) is 25.7 Å². The van der Waals surface area contributed by atoms with E-state index in [9.17, 15) is 18.8 Å². The maximum Gasteiger partial charge on any atom is 0.270 e. The topological polar surface area (TPSA) is 118 Å². The summed E-state index contributed by atoms with van der Waals surface area (Å²) >= 11 is 0. The Bertz CT molecular complexity index is 1510. The second-order valence-corrected chi connectivity index (χ2v) is 8.73. The van der Waals surface area contributed by atoms with Gasteiger partial charge in [-0.25, -0.2) is 9.37 Å². The van der Waals surface area contributed by atoms with Gasteiger partial charge in [0.1, 0.15) is 23.5 Å². The molecule has 2 N–H and O–H groups in total. The van der Waals surface area contributed by atoms with E-state index in [1.807, 2.05) is 13.0 Å². The van der Waals surface area contributed by atoms with Crippen molar-refractivity contribution in [3.8, 4) is 0 Å². The highest BCUT2D eigenvalue weighted by Gasteiger charge is 2.28. The lowest BCUT2D eigenvalue weighted by Gasteiger charge is -2.16. The molecule has 2 heterocycles. The van der Waals surface area contributed by atoms with E-state index < -0.39 is 11.8 Å². The lowest BCUT2D eigenvalue weighted by Crippen LogP contribution is -2.30. The van der Waals surface area contributed by atoms with Crippen LogP contribution in [-0.4, -0.2) is 37.2 Å². The molecule has 1 aliphatic carbocycles. The maximum absolute atomic E-state index is 13.3. The summed E-state index contributed by atoms with van der Waals surface area (Å²) in [6.07, 6.45) is 2.70. The Balaban J connectivity index is 1.38. The Morgan fingerprint density at radius 1 is 1.11 bits per heavy atom. The van der Waals surface area contributed by atoms with E-state index in [0.29, 0.717) is 12.0 Å². The van der Waals surface area contributed by atoms with E-state index >= 15 is 0 Å². The van der Waals surface area contributed by atoms with Gasteiger partial charge >= 0.3 is 0 Å². The highest BCUT2D eigenvalue weighted by atomic mass is 19.1. The molecule has 10 heteroatoms. The molecule has 0 spiro atoms. The molecule has 0 saturated carbocycles. The van der Waals surface area contributed by atoms with Crippen molar-refractivity contribution in [2.24, 2.45) is 0 Å². The molecule has 1 aliphatic rings. The molecule has 4 aromatic rings. The van der Waals surface area contributed by atoms with Crippen molar-refractivity contribution in [3.63, 3.8) is 0 Å². The standard InChI is InChI=1S/C26H23FN6O3/c1-14-18(15(2)34)7-8-20-19(14)9-10-21(20)31-25(36)23-11-22(32-26-29-13-30-33(23)26)24(35)28-12-16-3-5-17(27)6-4-16/h3-8,11,13,21H,9-10,12H2,1-2H3,(H,28,35)(H,31,36)/t21-/m0/s1. The van der Waals surface area contributed by atoms with Gasteiger partial charge in [-0.15, -0.1) is 0 Å². The van der Waals surface area contributed by atoms with E-state index in [1.165, 1.54) is 29.0 Å². The monoisotopic (exact) mass is 486 g/mol. The summed E-state index contributed by atoms with van der Waals surface area (Å²) in [6.45, 7) is 3.64. The number of halogens is 1. The van der Waals surface area contributed by atoms with Crippen LogP contribution in [0.3, 0.4) is 0 Å². The third kappa shape index (κ3) is 4.33. The summed E-state index contributed by atoms with van der Waals surface area (Å²) in [5.41, 5.74) is 4.54. The van der Waals surface area contributed by atoms with Gasteiger partial charge in [0.25, 0.3) is 17.6 Å². The molecule has 0 fully saturated rings. The summed E-state index contributed by atoms with van der Waals surface area (Å²) < 4.78 is 14.4. The molecule has 1 atom stereocenters. The molecule has 0 saturated heterocycles. The number of carbonyl (C=O) groups is 3. The molecular formula is C26H23FN6O3. The van der Waals surface area contributed by atoms with Crippen molar-refractivity contribution in [2.75, 3.05) is 0 Å². The Labute approximate surface area is 205 Å². The zero-order valence-electron chi connectivity index (χ0n) is 19.7. The van der Waals surface area contributed by atoms with Crippen LogP contribution in [0.15, 0.2) is 48.8 Å². The fourth-order valence-corrected chi connectivity index (χ4v) is 4.61. The zero-order chi connectivity index (χ0) is 25.4. The third-order valence-electron chi connectivity index (χ3n) is 6.46. The van der Waals surface area contributed by atoms with Gasteiger partial charge in [-0.05, 0) is 61.1 Å². The van der Waals surface area contributed by atoms with Crippen LogP contribution in [0.5, 0.6) is 0 Å². The lowest BCUT2D eigenvalue weighted by atomic mass is 9.96. The van der Waals surface area contributed by atoms with Crippen LogP contribution in [0, 0.1) is 12.7 Å². The number of nitrogens with one attached hydrogen (secondary N) is 2. The molecule has 0 unspecified atom stereocenters. The number of benzene rings is 2. The quantitative estimate of drug-likeness (QED) is 0.404. The van der Waals surface area contributed by atoms with Crippen molar-refractivity contribution in [1.82, 2.24) is 30.2 Å². The third-order valence-corrected chi connectivity index (χ3v) is 6.46. The zero-order valence-corrected chi connectivity index (χ0v) is 19.7. The predicted molar refractivity (Wildman–Crippen MR) is 128 cm³/mol. The molecule has 0 aliphatic heterocycles. The van der Waals surface area contributed by atoms with E-state index in [-0.39, 0.29) is 41.4 Å². The van der Waals surface area contributed by atoms with E-state index in [1.54, 1.807) is 25.1 Å². The summed E-state index contributed by atoms with van der Waals surface area (Å²) in [7, 11) is 0. The molecule has 2 aromatic heterocycles. The molecule has 0 bridgehead atoms. The normalized spacial score (nSPS) is 14.5. The van der Waals surface area contributed by atoms with E-state index in [4.69, 9.17) is 0 Å². The largest absolute Gasteiger partial charge is 0.347 e. The number of carbonyl (C=O) groups excluding carboxylic acids is 3.